The molecular formula is C12H12F3NO3. The Labute approximate surface area is 107 Å². The summed E-state index contributed by atoms with van der Waals surface area (Å²) in [5.74, 6) is -0.405. The van der Waals surface area contributed by atoms with Crippen LogP contribution in [0.25, 0.3) is 0 Å². The van der Waals surface area contributed by atoms with Crippen molar-refractivity contribution in [1.29, 1.82) is 0 Å². The second kappa shape index (κ2) is 5.81. The number of alkyl carbamates (subject to hydrolysis) is 1. The number of carbonyl (C=O) groups excluding carboxylic acids is 1. The monoisotopic (exact) mass is 275 g/mol. The number of carbonyl (C=O) groups is 1. The molecule has 0 saturated carbocycles. The molecule has 1 heterocycles. The van der Waals surface area contributed by atoms with Gasteiger partial charge in [-0.3, -0.25) is 0 Å². The number of ether oxygens (including phenoxy) is 2. The number of halogens is 3. The van der Waals surface area contributed by atoms with Crippen molar-refractivity contribution in [3.8, 4) is 5.75 Å². The first-order valence-corrected chi connectivity index (χ1v) is 5.70. The zero-order valence-corrected chi connectivity index (χ0v) is 9.87. The molecular weight excluding hydrogens is 263 g/mol. The zero-order valence-electron chi connectivity index (χ0n) is 9.87. The Morgan fingerprint density at radius 2 is 2.26 bits per heavy atom. The standard InChI is InChI=1S/C12H12F3NO3/c13-9-5-7(18-4-3-11(14)15)1-2-8(9)10-6-19-12(17)16-10/h1-2,5,10-11H,3-4,6H2,(H,16,17). The van der Waals surface area contributed by atoms with Gasteiger partial charge in [-0.05, 0) is 6.07 Å². The van der Waals surface area contributed by atoms with Crippen LogP contribution in [0.4, 0.5) is 18.0 Å². The smallest absolute Gasteiger partial charge is 0.407 e. The molecule has 104 valence electrons. The number of nitrogens with one attached hydrogen (secondary N) is 1. The summed E-state index contributed by atoms with van der Waals surface area (Å²) in [4.78, 5) is 10.9. The number of cyclic esters (lactones) is 1. The molecule has 7 heteroatoms. The van der Waals surface area contributed by atoms with Crippen LogP contribution in [-0.4, -0.2) is 25.7 Å². The van der Waals surface area contributed by atoms with Crippen molar-refractivity contribution in [2.75, 3.05) is 13.2 Å². The van der Waals surface area contributed by atoms with E-state index < -0.39 is 30.8 Å². The Morgan fingerprint density at radius 3 is 2.84 bits per heavy atom. The average molecular weight is 275 g/mol. The minimum atomic E-state index is -2.45. The first kappa shape index (κ1) is 13.5. The van der Waals surface area contributed by atoms with E-state index in [9.17, 15) is 18.0 Å². The number of hydrogen-bond donors (Lipinski definition) is 1. The summed E-state index contributed by atoms with van der Waals surface area (Å²) in [5.41, 5.74) is 0.270. The Morgan fingerprint density at radius 1 is 1.47 bits per heavy atom. The van der Waals surface area contributed by atoms with E-state index in [1.807, 2.05) is 0 Å². The number of hydrogen-bond acceptors (Lipinski definition) is 3. The lowest BCUT2D eigenvalue weighted by Gasteiger charge is -2.11. The van der Waals surface area contributed by atoms with Crippen LogP contribution in [0.3, 0.4) is 0 Å². The first-order chi connectivity index (χ1) is 9.06. The SMILES string of the molecule is O=C1NC(c2ccc(OCCC(F)F)cc2F)CO1. The molecule has 1 fully saturated rings. The van der Waals surface area contributed by atoms with Crippen LogP contribution in [0.5, 0.6) is 5.75 Å². The molecule has 1 aliphatic rings. The molecule has 1 aromatic rings. The maximum Gasteiger partial charge on any atom is 0.407 e. The number of benzene rings is 1. The fourth-order valence-electron chi connectivity index (χ4n) is 1.70. The van der Waals surface area contributed by atoms with E-state index >= 15 is 0 Å². The lowest BCUT2D eigenvalue weighted by molar-refractivity contribution is 0.114. The third-order valence-corrected chi connectivity index (χ3v) is 2.63. The van der Waals surface area contributed by atoms with Gasteiger partial charge in [0.05, 0.1) is 12.6 Å². The highest BCUT2D eigenvalue weighted by molar-refractivity contribution is 5.70. The van der Waals surface area contributed by atoms with Crippen LogP contribution in [0.2, 0.25) is 0 Å². The third-order valence-electron chi connectivity index (χ3n) is 2.63. The Kier molecular flexibility index (Phi) is 4.13. The van der Waals surface area contributed by atoms with Gasteiger partial charge in [0.1, 0.15) is 18.2 Å². The van der Waals surface area contributed by atoms with Crippen LogP contribution < -0.4 is 10.1 Å². The van der Waals surface area contributed by atoms with Crippen LogP contribution in [0.15, 0.2) is 18.2 Å². The van der Waals surface area contributed by atoms with Crippen molar-refractivity contribution in [3.63, 3.8) is 0 Å². The lowest BCUT2D eigenvalue weighted by Crippen LogP contribution is -2.19. The molecule has 1 aliphatic heterocycles. The molecule has 19 heavy (non-hydrogen) atoms. The van der Waals surface area contributed by atoms with Crippen molar-refractivity contribution < 1.29 is 27.4 Å². The minimum Gasteiger partial charge on any atom is -0.493 e. The molecule has 1 saturated heterocycles. The van der Waals surface area contributed by atoms with Gasteiger partial charge in [0, 0.05) is 18.1 Å². The van der Waals surface area contributed by atoms with Gasteiger partial charge in [0.25, 0.3) is 0 Å². The quantitative estimate of drug-likeness (QED) is 0.898. The van der Waals surface area contributed by atoms with Crippen molar-refractivity contribution in [3.05, 3.63) is 29.6 Å². The number of alkyl halides is 2. The highest BCUT2D eigenvalue weighted by Crippen LogP contribution is 2.24. The molecule has 0 aliphatic carbocycles. The van der Waals surface area contributed by atoms with Gasteiger partial charge in [-0.1, -0.05) is 6.07 Å². The van der Waals surface area contributed by atoms with Gasteiger partial charge >= 0.3 is 6.09 Å². The third kappa shape index (κ3) is 3.52. The Balaban J connectivity index is 1.99. The van der Waals surface area contributed by atoms with Crippen molar-refractivity contribution in [2.45, 2.75) is 18.9 Å². The molecule has 2 rings (SSSR count). The fraction of sp³-hybridized carbons (Fsp3) is 0.417. The Bertz CT molecular complexity index is 468. The van der Waals surface area contributed by atoms with Crippen LogP contribution in [-0.2, 0) is 4.74 Å². The van der Waals surface area contributed by atoms with Gasteiger partial charge < -0.3 is 14.8 Å². The van der Waals surface area contributed by atoms with Gasteiger partial charge in [-0.2, -0.15) is 0 Å². The largest absolute Gasteiger partial charge is 0.493 e. The molecule has 1 amide bonds. The second-order valence-electron chi connectivity index (χ2n) is 4.01. The normalized spacial score (nSPS) is 18.3. The van der Waals surface area contributed by atoms with E-state index in [0.29, 0.717) is 0 Å². The Hall–Kier alpha value is -1.92. The predicted octanol–water partition coefficient (Wildman–Crippen LogP) is 2.64. The summed E-state index contributed by atoms with van der Waals surface area (Å²) < 4.78 is 47.3. The van der Waals surface area contributed by atoms with Gasteiger partial charge in [0.2, 0.25) is 6.43 Å². The maximum atomic E-state index is 13.8. The molecule has 1 atom stereocenters. The second-order valence-corrected chi connectivity index (χ2v) is 4.01. The topological polar surface area (TPSA) is 47.6 Å². The molecule has 0 spiro atoms. The van der Waals surface area contributed by atoms with Crippen molar-refractivity contribution in [2.24, 2.45) is 0 Å². The zero-order chi connectivity index (χ0) is 13.8. The highest BCUT2D eigenvalue weighted by atomic mass is 19.3. The minimum absolute atomic E-state index is 0.0569. The molecule has 0 bridgehead atoms. The van der Waals surface area contributed by atoms with Crippen LogP contribution >= 0.6 is 0 Å². The van der Waals surface area contributed by atoms with Gasteiger partial charge in [-0.25, -0.2) is 18.0 Å². The van der Waals surface area contributed by atoms with Gasteiger partial charge in [-0.15, -0.1) is 0 Å². The molecule has 1 aromatic carbocycles. The summed E-state index contributed by atoms with van der Waals surface area (Å²) in [5, 5.41) is 2.45. The molecule has 4 nitrogen and oxygen atoms in total. The maximum absolute atomic E-state index is 13.8. The average Bonchev–Trinajstić information content (AvgIpc) is 2.75. The molecule has 1 N–H and O–H groups in total. The summed E-state index contributed by atoms with van der Waals surface area (Å²) in [6.07, 6.45) is -3.45. The number of amides is 1. The molecule has 0 radical (unpaired) electrons. The van der Waals surface area contributed by atoms with E-state index in [-0.39, 0.29) is 24.5 Å². The molecule has 0 aromatic heterocycles. The summed E-state index contributed by atoms with van der Waals surface area (Å²) >= 11 is 0. The van der Waals surface area contributed by atoms with E-state index in [2.05, 4.69) is 10.1 Å². The van der Waals surface area contributed by atoms with Crippen molar-refractivity contribution in [1.82, 2.24) is 5.32 Å². The van der Waals surface area contributed by atoms with E-state index in [4.69, 9.17) is 4.74 Å². The predicted molar refractivity (Wildman–Crippen MR) is 59.7 cm³/mol. The summed E-state index contributed by atoms with van der Waals surface area (Å²) in [6, 6.07) is 3.47. The summed E-state index contributed by atoms with van der Waals surface area (Å²) in [7, 11) is 0. The van der Waals surface area contributed by atoms with Crippen LogP contribution in [0, 0.1) is 5.82 Å². The van der Waals surface area contributed by atoms with E-state index in [1.165, 1.54) is 12.1 Å². The first-order valence-electron chi connectivity index (χ1n) is 5.70. The fourth-order valence-corrected chi connectivity index (χ4v) is 1.70. The number of rotatable bonds is 5. The lowest BCUT2D eigenvalue weighted by atomic mass is 10.1. The van der Waals surface area contributed by atoms with Crippen molar-refractivity contribution >= 4 is 6.09 Å². The van der Waals surface area contributed by atoms with E-state index in [0.717, 1.165) is 6.07 Å². The van der Waals surface area contributed by atoms with Crippen LogP contribution in [0.1, 0.15) is 18.0 Å². The highest BCUT2D eigenvalue weighted by Gasteiger charge is 2.26. The van der Waals surface area contributed by atoms with E-state index in [1.54, 1.807) is 0 Å². The van der Waals surface area contributed by atoms with Gasteiger partial charge in [0.15, 0.2) is 0 Å². The summed E-state index contributed by atoms with van der Waals surface area (Å²) in [6.45, 7) is -0.124. The molecule has 1 unspecified atom stereocenters.